The molecule has 0 aromatic heterocycles. The first kappa shape index (κ1) is 16.0. The number of carbonyl (C=O) groups is 1. The molecule has 2 N–H and O–H groups in total. The van der Waals surface area contributed by atoms with Gasteiger partial charge in [-0.15, -0.1) is 0 Å². The Labute approximate surface area is 119 Å². The summed E-state index contributed by atoms with van der Waals surface area (Å²) in [5.41, 5.74) is -0.516. The molecule has 3 nitrogen and oxygen atoms in total. The van der Waals surface area contributed by atoms with Gasteiger partial charge >= 0.3 is 0 Å². The maximum Gasteiger partial charge on any atom is 0.225 e. The maximum absolute atomic E-state index is 13.5. The van der Waals surface area contributed by atoms with E-state index in [2.05, 4.69) is 26.6 Å². The summed E-state index contributed by atoms with van der Waals surface area (Å²) < 4.78 is 27.3. The lowest BCUT2D eigenvalue weighted by atomic mass is 10.1. The van der Waals surface area contributed by atoms with Crippen LogP contribution in [0.1, 0.15) is 27.2 Å². The summed E-state index contributed by atoms with van der Waals surface area (Å²) in [5, 5.41) is 5.36. The van der Waals surface area contributed by atoms with Gasteiger partial charge in [0.25, 0.3) is 0 Å². The monoisotopic (exact) mass is 334 g/mol. The average Bonchev–Trinajstić information content (AvgIpc) is 2.21. The minimum Gasteiger partial charge on any atom is -0.321 e. The van der Waals surface area contributed by atoms with Crippen molar-refractivity contribution in [3.05, 3.63) is 28.2 Å². The van der Waals surface area contributed by atoms with Gasteiger partial charge in [-0.05, 0) is 32.9 Å². The minimum atomic E-state index is -0.802. The van der Waals surface area contributed by atoms with E-state index in [1.165, 1.54) is 0 Å². The first-order chi connectivity index (χ1) is 8.69. The zero-order valence-corrected chi connectivity index (χ0v) is 12.7. The molecule has 0 aliphatic heterocycles. The van der Waals surface area contributed by atoms with Crippen LogP contribution in [-0.2, 0) is 4.79 Å². The van der Waals surface area contributed by atoms with Gasteiger partial charge in [0.1, 0.15) is 5.69 Å². The summed E-state index contributed by atoms with van der Waals surface area (Å²) in [5.74, 6) is -2.04. The van der Waals surface area contributed by atoms with Crippen LogP contribution in [0.25, 0.3) is 0 Å². The highest BCUT2D eigenvalue weighted by molar-refractivity contribution is 9.10. The molecule has 0 saturated carbocycles. The number of hydrogen-bond acceptors (Lipinski definition) is 2. The molecule has 1 rings (SSSR count). The number of anilines is 1. The van der Waals surface area contributed by atoms with Crippen molar-refractivity contribution in [2.75, 3.05) is 11.9 Å². The van der Waals surface area contributed by atoms with Crippen LogP contribution in [-0.4, -0.2) is 18.0 Å². The van der Waals surface area contributed by atoms with Crippen molar-refractivity contribution < 1.29 is 13.6 Å². The lowest BCUT2D eigenvalue weighted by Crippen LogP contribution is -2.37. The van der Waals surface area contributed by atoms with Gasteiger partial charge in [0.2, 0.25) is 5.91 Å². The Kier molecular flexibility index (Phi) is 5.43. The van der Waals surface area contributed by atoms with Gasteiger partial charge in [-0.1, -0.05) is 15.9 Å². The molecule has 0 fully saturated rings. The number of rotatable bonds is 4. The van der Waals surface area contributed by atoms with Crippen LogP contribution in [0.3, 0.4) is 0 Å². The quantitative estimate of drug-likeness (QED) is 0.885. The Bertz CT molecular complexity index is 449. The van der Waals surface area contributed by atoms with Crippen LogP contribution in [0.15, 0.2) is 16.6 Å². The van der Waals surface area contributed by atoms with Crippen molar-refractivity contribution in [1.29, 1.82) is 0 Å². The number of amides is 1. The smallest absolute Gasteiger partial charge is 0.225 e. The van der Waals surface area contributed by atoms with Crippen molar-refractivity contribution in [3.8, 4) is 0 Å². The summed E-state index contributed by atoms with van der Waals surface area (Å²) in [6.07, 6.45) is 0.145. The van der Waals surface area contributed by atoms with Gasteiger partial charge < -0.3 is 10.6 Å². The fraction of sp³-hybridized carbons (Fsp3) is 0.462. The normalized spacial score (nSPS) is 11.5. The van der Waals surface area contributed by atoms with Gasteiger partial charge in [-0.2, -0.15) is 0 Å². The van der Waals surface area contributed by atoms with Gasteiger partial charge in [0, 0.05) is 23.0 Å². The number of hydrogen-bond donors (Lipinski definition) is 2. The molecule has 0 aliphatic rings. The lowest BCUT2D eigenvalue weighted by molar-refractivity contribution is -0.116. The van der Waals surface area contributed by atoms with Gasteiger partial charge in [-0.25, -0.2) is 8.78 Å². The second-order valence-electron chi connectivity index (χ2n) is 5.22. The third-order valence-electron chi connectivity index (χ3n) is 2.28. The largest absolute Gasteiger partial charge is 0.321 e. The van der Waals surface area contributed by atoms with Crippen LogP contribution < -0.4 is 10.6 Å². The second kappa shape index (κ2) is 6.43. The molecule has 0 unspecified atom stereocenters. The van der Waals surface area contributed by atoms with E-state index in [0.29, 0.717) is 6.54 Å². The van der Waals surface area contributed by atoms with Crippen molar-refractivity contribution in [2.24, 2.45) is 0 Å². The minimum absolute atomic E-state index is 0.103. The van der Waals surface area contributed by atoms with Crippen LogP contribution in [0.2, 0.25) is 0 Å². The van der Waals surface area contributed by atoms with Gasteiger partial charge in [-0.3, -0.25) is 4.79 Å². The Morgan fingerprint density at radius 3 is 2.26 bits per heavy atom. The third kappa shape index (κ3) is 5.65. The summed E-state index contributed by atoms with van der Waals surface area (Å²) >= 11 is 2.97. The van der Waals surface area contributed by atoms with E-state index in [4.69, 9.17) is 0 Å². The molecule has 0 spiro atoms. The average molecular weight is 335 g/mol. The molecule has 1 aromatic rings. The maximum atomic E-state index is 13.5. The van der Waals surface area contributed by atoms with Crippen LogP contribution in [0, 0.1) is 11.6 Å². The molecule has 0 atom stereocenters. The van der Waals surface area contributed by atoms with Crippen LogP contribution in [0.5, 0.6) is 0 Å². The van der Waals surface area contributed by atoms with E-state index < -0.39 is 23.2 Å². The first-order valence-corrected chi connectivity index (χ1v) is 6.68. The van der Waals surface area contributed by atoms with E-state index in [1.807, 2.05) is 20.8 Å². The molecule has 0 saturated heterocycles. The van der Waals surface area contributed by atoms with E-state index in [0.717, 1.165) is 12.1 Å². The van der Waals surface area contributed by atoms with Crippen molar-refractivity contribution in [1.82, 2.24) is 5.32 Å². The SMILES string of the molecule is CC(C)(C)NCCC(=O)Nc1c(F)cc(Br)cc1F. The summed E-state index contributed by atoms with van der Waals surface area (Å²) in [7, 11) is 0. The fourth-order valence-electron chi connectivity index (χ4n) is 1.41. The number of halogens is 3. The highest BCUT2D eigenvalue weighted by Gasteiger charge is 2.14. The summed E-state index contributed by atoms with van der Waals surface area (Å²) in [6.45, 7) is 6.35. The van der Waals surface area contributed by atoms with E-state index in [-0.39, 0.29) is 16.4 Å². The molecule has 1 aromatic carbocycles. The zero-order chi connectivity index (χ0) is 14.6. The second-order valence-corrected chi connectivity index (χ2v) is 6.14. The molecule has 106 valence electrons. The zero-order valence-electron chi connectivity index (χ0n) is 11.1. The van der Waals surface area contributed by atoms with Crippen LogP contribution >= 0.6 is 15.9 Å². The Morgan fingerprint density at radius 1 is 1.26 bits per heavy atom. The van der Waals surface area contributed by atoms with E-state index in [9.17, 15) is 13.6 Å². The molecule has 0 bridgehead atoms. The first-order valence-electron chi connectivity index (χ1n) is 5.88. The van der Waals surface area contributed by atoms with E-state index >= 15 is 0 Å². The van der Waals surface area contributed by atoms with Crippen LogP contribution in [0.4, 0.5) is 14.5 Å². The number of nitrogens with one attached hydrogen (secondary N) is 2. The predicted octanol–water partition coefficient (Wildman–Crippen LogP) is 3.44. The van der Waals surface area contributed by atoms with Gasteiger partial charge in [0.05, 0.1) is 0 Å². The Balaban J connectivity index is 2.58. The molecule has 6 heteroatoms. The standard InChI is InChI=1S/C13H17BrF2N2O/c1-13(2,3)17-5-4-11(19)18-12-9(15)6-8(14)7-10(12)16/h6-7,17H,4-5H2,1-3H3,(H,18,19). The highest BCUT2D eigenvalue weighted by atomic mass is 79.9. The van der Waals surface area contributed by atoms with Crippen molar-refractivity contribution in [2.45, 2.75) is 32.7 Å². The molecule has 0 heterocycles. The topological polar surface area (TPSA) is 41.1 Å². The molecule has 1 amide bonds. The Morgan fingerprint density at radius 2 is 1.79 bits per heavy atom. The number of benzene rings is 1. The summed E-state index contributed by atoms with van der Waals surface area (Å²) in [4.78, 5) is 11.6. The molecular formula is C13H17BrF2N2O. The number of carbonyl (C=O) groups excluding carboxylic acids is 1. The van der Waals surface area contributed by atoms with Gasteiger partial charge in [0.15, 0.2) is 11.6 Å². The highest BCUT2D eigenvalue weighted by Crippen LogP contribution is 2.23. The molecular weight excluding hydrogens is 318 g/mol. The lowest BCUT2D eigenvalue weighted by Gasteiger charge is -2.20. The Hall–Kier alpha value is -1.01. The van der Waals surface area contributed by atoms with E-state index in [1.54, 1.807) is 0 Å². The molecule has 19 heavy (non-hydrogen) atoms. The van der Waals surface area contributed by atoms with Crippen molar-refractivity contribution in [3.63, 3.8) is 0 Å². The third-order valence-corrected chi connectivity index (χ3v) is 2.74. The summed E-state index contributed by atoms with van der Waals surface area (Å²) in [6, 6.07) is 2.21. The molecule has 0 radical (unpaired) electrons. The predicted molar refractivity (Wildman–Crippen MR) is 75.1 cm³/mol. The molecule has 0 aliphatic carbocycles. The van der Waals surface area contributed by atoms with Crippen molar-refractivity contribution >= 4 is 27.5 Å². The fourth-order valence-corrected chi connectivity index (χ4v) is 1.82.